The first-order valence-corrected chi connectivity index (χ1v) is 12.1. The number of phenolic OH excluding ortho intramolecular Hbond substituents is 1. The Balaban J connectivity index is 2.85. The first kappa shape index (κ1) is 28.2. The Labute approximate surface area is 198 Å². The predicted molar refractivity (Wildman–Crippen MR) is 127 cm³/mol. The number of hydrogen-bond acceptors (Lipinski definition) is 7. The number of carbonyl (C=O) groups excluding carboxylic acids is 3. The van der Waals surface area contributed by atoms with Crippen molar-refractivity contribution in [1.82, 2.24) is 16.0 Å². The molecule has 10 nitrogen and oxygen atoms in total. The Hall–Kier alpha value is -2.79. The number of hydrogen-bond donors (Lipinski definition) is 6. The lowest BCUT2D eigenvalue weighted by molar-refractivity contribution is -0.142. The summed E-state index contributed by atoms with van der Waals surface area (Å²) in [5.74, 6) is -2.12. The van der Waals surface area contributed by atoms with Gasteiger partial charge >= 0.3 is 5.97 Å². The monoisotopic (exact) mass is 482 g/mol. The van der Waals surface area contributed by atoms with Crippen LogP contribution in [0.4, 0.5) is 0 Å². The van der Waals surface area contributed by atoms with Crippen LogP contribution in [0.15, 0.2) is 24.3 Å². The van der Waals surface area contributed by atoms with E-state index in [1.165, 1.54) is 23.9 Å². The van der Waals surface area contributed by atoms with Crippen LogP contribution in [0, 0.1) is 5.92 Å². The lowest BCUT2D eigenvalue weighted by Gasteiger charge is -2.22. The SMILES string of the molecule is CSCCC(NC(=O)C(Cc1ccc(O)cc1)NC(=O)CNC(=O)C(N)CC(C)C)C(=O)O. The van der Waals surface area contributed by atoms with Crippen LogP contribution in [0.25, 0.3) is 0 Å². The maximum absolute atomic E-state index is 12.8. The number of carboxylic acids is 1. The second kappa shape index (κ2) is 14.4. The number of aromatic hydroxyl groups is 1. The van der Waals surface area contributed by atoms with E-state index in [1.54, 1.807) is 12.1 Å². The van der Waals surface area contributed by atoms with E-state index in [0.717, 1.165) is 0 Å². The molecular formula is C22H34N4O6S. The lowest BCUT2D eigenvalue weighted by Crippen LogP contribution is -2.54. The third-order valence-corrected chi connectivity index (χ3v) is 5.38. The number of aliphatic carboxylic acids is 1. The molecule has 0 heterocycles. The molecule has 0 aliphatic rings. The number of phenols is 1. The van der Waals surface area contributed by atoms with Crippen LogP contribution >= 0.6 is 11.8 Å². The van der Waals surface area contributed by atoms with Crippen molar-refractivity contribution in [3.8, 4) is 5.75 Å². The Morgan fingerprint density at radius 3 is 2.21 bits per heavy atom. The van der Waals surface area contributed by atoms with Gasteiger partial charge in [0.25, 0.3) is 0 Å². The van der Waals surface area contributed by atoms with E-state index in [9.17, 15) is 29.4 Å². The van der Waals surface area contributed by atoms with Crippen molar-refractivity contribution in [1.29, 1.82) is 0 Å². The second-order valence-corrected chi connectivity index (χ2v) is 9.11. The molecule has 0 aliphatic carbocycles. The maximum atomic E-state index is 12.8. The minimum Gasteiger partial charge on any atom is -0.508 e. The summed E-state index contributed by atoms with van der Waals surface area (Å²) in [6, 6.07) is 3.15. The van der Waals surface area contributed by atoms with Crippen LogP contribution in [0.3, 0.4) is 0 Å². The van der Waals surface area contributed by atoms with Crippen molar-refractivity contribution in [3.63, 3.8) is 0 Å². The van der Waals surface area contributed by atoms with E-state index in [-0.39, 0.29) is 31.1 Å². The number of benzene rings is 1. The van der Waals surface area contributed by atoms with Crippen LogP contribution in [-0.2, 0) is 25.6 Å². The van der Waals surface area contributed by atoms with Gasteiger partial charge in [-0.2, -0.15) is 11.8 Å². The quantitative estimate of drug-likeness (QED) is 0.219. The average Bonchev–Trinajstić information content (AvgIpc) is 2.75. The van der Waals surface area contributed by atoms with Gasteiger partial charge in [-0.15, -0.1) is 0 Å². The van der Waals surface area contributed by atoms with E-state index in [2.05, 4.69) is 16.0 Å². The first-order valence-electron chi connectivity index (χ1n) is 10.7. The van der Waals surface area contributed by atoms with Gasteiger partial charge < -0.3 is 31.9 Å². The van der Waals surface area contributed by atoms with Crippen LogP contribution in [0.5, 0.6) is 5.75 Å². The minimum absolute atomic E-state index is 0.0484. The fourth-order valence-electron chi connectivity index (χ4n) is 3.00. The van der Waals surface area contributed by atoms with E-state index in [0.29, 0.717) is 17.7 Å². The molecule has 33 heavy (non-hydrogen) atoms. The number of nitrogens with one attached hydrogen (secondary N) is 3. The zero-order valence-electron chi connectivity index (χ0n) is 19.2. The summed E-state index contributed by atoms with van der Waals surface area (Å²) in [7, 11) is 0. The summed E-state index contributed by atoms with van der Waals surface area (Å²) in [4.78, 5) is 48.8. The summed E-state index contributed by atoms with van der Waals surface area (Å²) >= 11 is 1.45. The van der Waals surface area contributed by atoms with Crippen LogP contribution in [-0.4, -0.2) is 70.6 Å². The van der Waals surface area contributed by atoms with Gasteiger partial charge in [-0.1, -0.05) is 26.0 Å². The van der Waals surface area contributed by atoms with Gasteiger partial charge in [0.1, 0.15) is 17.8 Å². The number of nitrogens with two attached hydrogens (primary N) is 1. The largest absolute Gasteiger partial charge is 0.508 e. The molecule has 184 valence electrons. The molecule has 11 heteroatoms. The Bertz CT molecular complexity index is 803. The molecule has 7 N–H and O–H groups in total. The smallest absolute Gasteiger partial charge is 0.326 e. The van der Waals surface area contributed by atoms with Crippen molar-refractivity contribution in [3.05, 3.63) is 29.8 Å². The Morgan fingerprint density at radius 1 is 1.03 bits per heavy atom. The molecule has 0 saturated heterocycles. The highest BCUT2D eigenvalue weighted by molar-refractivity contribution is 7.98. The van der Waals surface area contributed by atoms with Crippen molar-refractivity contribution < 1.29 is 29.4 Å². The normalized spacial score (nSPS) is 13.6. The van der Waals surface area contributed by atoms with Gasteiger partial charge in [0.2, 0.25) is 17.7 Å². The molecule has 0 aliphatic heterocycles. The Morgan fingerprint density at radius 2 is 1.67 bits per heavy atom. The highest BCUT2D eigenvalue weighted by atomic mass is 32.2. The number of rotatable bonds is 14. The van der Waals surface area contributed by atoms with Gasteiger partial charge in [-0.25, -0.2) is 4.79 Å². The molecule has 1 aromatic carbocycles. The second-order valence-electron chi connectivity index (χ2n) is 8.13. The summed E-state index contributed by atoms with van der Waals surface area (Å²) in [6.07, 6.45) is 2.58. The molecule has 3 unspecified atom stereocenters. The molecule has 0 spiro atoms. The van der Waals surface area contributed by atoms with Crippen molar-refractivity contribution in [2.75, 3.05) is 18.6 Å². The molecule has 0 radical (unpaired) electrons. The average molecular weight is 483 g/mol. The fourth-order valence-corrected chi connectivity index (χ4v) is 3.47. The Kier molecular flexibility index (Phi) is 12.3. The van der Waals surface area contributed by atoms with Gasteiger partial charge in [-0.3, -0.25) is 14.4 Å². The van der Waals surface area contributed by atoms with Gasteiger partial charge in [0.05, 0.1) is 12.6 Å². The maximum Gasteiger partial charge on any atom is 0.326 e. The molecule has 1 aromatic rings. The van der Waals surface area contributed by atoms with Crippen LogP contribution < -0.4 is 21.7 Å². The van der Waals surface area contributed by atoms with Gasteiger partial charge in [-0.05, 0) is 48.5 Å². The van der Waals surface area contributed by atoms with Crippen LogP contribution in [0.1, 0.15) is 32.3 Å². The first-order chi connectivity index (χ1) is 15.5. The minimum atomic E-state index is -1.17. The molecule has 0 saturated carbocycles. The predicted octanol–water partition coefficient (Wildman–Crippen LogP) is 0.232. The molecule has 0 aromatic heterocycles. The molecule has 3 atom stereocenters. The van der Waals surface area contributed by atoms with Crippen molar-refractivity contribution in [2.24, 2.45) is 11.7 Å². The summed E-state index contributed by atoms with van der Waals surface area (Å²) in [5, 5.41) is 26.3. The highest BCUT2D eigenvalue weighted by Gasteiger charge is 2.27. The number of thioether (sulfide) groups is 1. The van der Waals surface area contributed by atoms with Gasteiger partial charge in [0.15, 0.2) is 0 Å². The van der Waals surface area contributed by atoms with Crippen LogP contribution in [0.2, 0.25) is 0 Å². The zero-order valence-corrected chi connectivity index (χ0v) is 20.0. The fraction of sp³-hybridized carbons (Fsp3) is 0.545. The molecule has 1 rings (SSSR count). The van der Waals surface area contributed by atoms with E-state index in [1.807, 2.05) is 20.1 Å². The topological polar surface area (TPSA) is 171 Å². The molecule has 3 amide bonds. The van der Waals surface area contributed by atoms with E-state index in [4.69, 9.17) is 5.73 Å². The highest BCUT2D eigenvalue weighted by Crippen LogP contribution is 2.12. The number of carbonyl (C=O) groups is 4. The number of carboxylic acid groups (broad SMARTS) is 1. The third-order valence-electron chi connectivity index (χ3n) is 4.74. The van der Waals surface area contributed by atoms with E-state index < -0.39 is 41.8 Å². The molecule has 0 bridgehead atoms. The van der Waals surface area contributed by atoms with Crippen molar-refractivity contribution in [2.45, 2.75) is 51.2 Å². The standard InChI is InChI=1S/C22H34N4O6S/c1-13(2)10-16(23)20(29)24-12-19(28)25-18(11-14-4-6-15(27)7-5-14)21(30)26-17(22(31)32)8-9-33-3/h4-7,13,16-18,27H,8-12,23H2,1-3H3,(H,24,29)(H,25,28)(H,26,30)(H,31,32). The zero-order chi connectivity index (χ0) is 25.0. The molecular weight excluding hydrogens is 448 g/mol. The summed E-state index contributed by atoms with van der Waals surface area (Å²) in [6.45, 7) is 3.48. The lowest BCUT2D eigenvalue weighted by atomic mass is 10.0. The third kappa shape index (κ3) is 11.1. The number of amides is 3. The van der Waals surface area contributed by atoms with Gasteiger partial charge in [0, 0.05) is 6.42 Å². The van der Waals surface area contributed by atoms with E-state index >= 15 is 0 Å². The molecule has 0 fully saturated rings. The van der Waals surface area contributed by atoms with Crippen molar-refractivity contribution >= 4 is 35.5 Å². The summed E-state index contributed by atoms with van der Waals surface area (Å²) < 4.78 is 0. The summed E-state index contributed by atoms with van der Waals surface area (Å²) in [5.41, 5.74) is 6.45.